The smallest absolute Gasteiger partial charge is 0.295 e. The number of imide groups is 1. The van der Waals surface area contributed by atoms with Crippen molar-refractivity contribution in [2.45, 2.75) is 0 Å². The number of carbonyl (C=O) groups excluding carboxylic acids is 2. The molecule has 128 valence electrons. The molecular formula is C18H15BrN2O3S. The molecule has 1 N–H and O–H groups in total. The topological polar surface area (TPSA) is 58.6 Å². The molecule has 0 radical (unpaired) electrons. The number of para-hydroxylation sites is 1. The molecule has 0 atom stereocenters. The molecule has 1 aliphatic heterocycles. The van der Waals surface area contributed by atoms with Gasteiger partial charge in [0.05, 0.1) is 18.7 Å². The van der Waals surface area contributed by atoms with Crippen molar-refractivity contribution in [3.63, 3.8) is 0 Å². The first-order valence-electron chi connectivity index (χ1n) is 7.46. The predicted molar refractivity (Wildman–Crippen MR) is 103 cm³/mol. The van der Waals surface area contributed by atoms with Crippen LogP contribution in [-0.4, -0.2) is 29.8 Å². The van der Waals surface area contributed by atoms with Crippen LogP contribution >= 0.6 is 27.7 Å². The molecule has 0 saturated carbocycles. The first kappa shape index (κ1) is 17.6. The van der Waals surface area contributed by atoms with Crippen LogP contribution in [0.25, 0.3) is 6.08 Å². The second-order valence-corrected chi connectivity index (χ2v) is 7.05. The number of hydrogen-bond acceptors (Lipinski definition) is 5. The first-order chi connectivity index (χ1) is 12.1. The minimum atomic E-state index is -0.301. The number of nitrogens with zero attached hydrogens (tertiary/aromatic N) is 1. The molecule has 1 saturated heterocycles. The van der Waals surface area contributed by atoms with Crippen molar-refractivity contribution in [3.8, 4) is 5.75 Å². The van der Waals surface area contributed by atoms with E-state index in [4.69, 9.17) is 4.74 Å². The molecule has 1 aliphatic rings. The van der Waals surface area contributed by atoms with E-state index in [-0.39, 0.29) is 17.8 Å². The maximum absolute atomic E-state index is 12.5. The number of anilines is 1. The lowest BCUT2D eigenvalue weighted by atomic mass is 10.2. The number of hydrogen-bond donors (Lipinski definition) is 1. The van der Waals surface area contributed by atoms with Crippen molar-refractivity contribution in [1.82, 2.24) is 4.90 Å². The normalized spacial score (nSPS) is 15.8. The number of nitrogens with one attached hydrogen (secondary N) is 1. The monoisotopic (exact) mass is 418 g/mol. The molecule has 2 aromatic rings. The van der Waals surface area contributed by atoms with Gasteiger partial charge < -0.3 is 10.1 Å². The molecule has 1 fully saturated rings. The van der Waals surface area contributed by atoms with Gasteiger partial charge in [-0.25, -0.2) is 0 Å². The third-order valence-corrected chi connectivity index (χ3v) is 5.19. The summed E-state index contributed by atoms with van der Waals surface area (Å²) in [6, 6.07) is 14.8. The zero-order valence-electron chi connectivity index (χ0n) is 13.4. The van der Waals surface area contributed by atoms with Gasteiger partial charge in [0, 0.05) is 10.2 Å². The van der Waals surface area contributed by atoms with Crippen LogP contribution < -0.4 is 10.1 Å². The third-order valence-electron chi connectivity index (χ3n) is 3.59. The molecule has 0 spiro atoms. The molecule has 0 unspecified atom stereocenters. The number of amides is 2. The Bertz CT molecular complexity index is 836. The highest BCUT2D eigenvalue weighted by atomic mass is 79.9. The second-order valence-electron chi connectivity index (χ2n) is 5.20. The molecule has 2 aromatic carbocycles. The van der Waals surface area contributed by atoms with Crippen molar-refractivity contribution in [2.75, 3.05) is 19.1 Å². The van der Waals surface area contributed by atoms with Gasteiger partial charge in [-0.3, -0.25) is 14.5 Å². The van der Waals surface area contributed by atoms with E-state index >= 15 is 0 Å². The molecule has 0 aliphatic carbocycles. The van der Waals surface area contributed by atoms with Crippen molar-refractivity contribution in [3.05, 3.63) is 63.5 Å². The van der Waals surface area contributed by atoms with E-state index in [0.717, 1.165) is 33.2 Å². The number of methoxy groups -OCH3 is 1. The Morgan fingerprint density at radius 3 is 2.56 bits per heavy atom. The van der Waals surface area contributed by atoms with E-state index in [1.54, 1.807) is 13.2 Å². The van der Waals surface area contributed by atoms with Crippen molar-refractivity contribution in [2.24, 2.45) is 0 Å². The van der Waals surface area contributed by atoms with Crippen LogP contribution in [0.15, 0.2) is 57.9 Å². The van der Waals surface area contributed by atoms with Crippen molar-refractivity contribution < 1.29 is 14.3 Å². The molecule has 25 heavy (non-hydrogen) atoms. The standard InChI is InChI=1S/C18H15BrN2O3S/c1-24-13-8-6-12(7-9-13)10-16-17(22)21(18(23)25-16)11-20-15-5-3-2-4-14(15)19/h2-10,20H,11H2,1H3/b16-10-. The number of halogens is 1. The van der Waals surface area contributed by atoms with Gasteiger partial charge in [0.2, 0.25) is 0 Å². The Balaban J connectivity index is 1.71. The molecule has 2 amide bonds. The molecule has 0 bridgehead atoms. The van der Waals surface area contributed by atoms with Crippen LogP contribution in [0.1, 0.15) is 5.56 Å². The molecule has 7 heteroatoms. The van der Waals surface area contributed by atoms with Crippen LogP contribution in [0.4, 0.5) is 10.5 Å². The average Bonchev–Trinajstić information content (AvgIpc) is 2.88. The minimum absolute atomic E-state index is 0.118. The summed E-state index contributed by atoms with van der Waals surface area (Å²) in [7, 11) is 1.60. The van der Waals surface area contributed by atoms with Gasteiger partial charge in [0.15, 0.2) is 0 Å². The third kappa shape index (κ3) is 4.05. The van der Waals surface area contributed by atoms with Crippen molar-refractivity contribution >= 4 is 50.6 Å². The molecule has 0 aromatic heterocycles. The predicted octanol–water partition coefficient (Wildman–Crippen LogP) is 4.56. The van der Waals surface area contributed by atoms with Gasteiger partial charge in [-0.05, 0) is 63.6 Å². The zero-order chi connectivity index (χ0) is 17.8. The largest absolute Gasteiger partial charge is 0.497 e. The van der Waals surface area contributed by atoms with Gasteiger partial charge in [-0.2, -0.15) is 0 Å². The zero-order valence-corrected chi connectivity index (χ0v) is 15.8. The summed E-state index contributed by atoms with van der Waals surface area (Å²) < 4.78 is 5.98. The number of ether oxygens (including phenoxy) is 1. The van der Waals surface area contributed by atoms with E-state index in [9.17, 15) is 9.59 Å². The Hall–Kier alpha value is -2.25. The summed E-state index contributed by atoms with van der Waals surface area (Å²) in [6.45, 7) is 0.118. The fourth-order valence-electron chi connectivity index (χ4n) is 2.26. The Kier molecular flexibility index (Phi) is 5.45. The summed E-state index contributed by atoms with van der Waals surface area (Å²) >= 11 is 4.37. The first-order valence-corrected chi connectivity index (χ1v) is 9.07. The summed E-state index contributed by atoms with van der Waals surface area (Å²) in [4.78, 5) is 26.2. The number of carbonyl (C=O) groups is 2. The number of rotatable bonds is 5. The van der Waals surface area contributed by atoms with E-state index in [1.807, 2.05) is 48.5 Å². The highest BCUT2D eigenvalue weighted by Gasteiger charge is 2.34. The lowest BCUT2D eigenvalue weighted by Crippen LogP contribution is -2.33. The van der Waals surface area contributed by atoms with Gasteiger partial charge in [0.25, 0.3) is 11.1 Å². The highest BCUT2D eigenvalue weighted by Crippen LogP contribution is 2.32. The minimum Gasteiger partial charge on any atom is -0.497 e. The summed E-state index contributed by atoms with van der Waals surface area (Å²) in [5, 5.41) is 2.81. The van der Waals surface area contributed by atoms with E-state index in [0.29, 0.717) is 4.91 Å². The van der Waals surface area contributed by atoms with Crippen LogP contribution in [-0.2, 0) is 4.79 Å². The number of thioether (sulfide) groups is 1. The lowest BCUT2D eigenvalue weighted by molar-refractivity contribution is -0.122. The highest BCUT2D eigenvalue weighted by molar-refractivity contribution is 9.10. The number of benzene rings is 2. The summed E-state index contributed by atoms with van der Waals surface area (Å²) in [5.74, 6) is 0.438. The van der Waals surface area contributed by atoms with Crippen LogP contribution in [0.5, 0.6) is 5.75 Å². The average molecular weight is 419 g/mol. The molecule has 5 nitrogen and oxygen atoms in total. The van der Waals surface area contributed by atoms with Gasteiger partial charge in [-0.1, -0.05) is 24.3 Å². The van der Waals surface area contributed by atoms with E-state index in [2.05, 4.69) is 21.2 Å². The van der Waals surface area contributed by atoms with Crippen LogP contribution in [0.3, 0.4) is 0 Å². The van der Waals surface area contributed by atoms with Crippen molar-refractivity contribution in [1.29, 1.82) is 0 Å². The Morgan fingerprint density at radius 2 is 1.88 bits per heavy atom. The fourth-order valence-corrected chi connectivity index (χ4v) is 3.52. The summed E-state index contributed by atoms with van der Waals surface area (Å²) in [6.07, 6.45) is 1.71. The van der Waals surface area contributed by atoms with Crippen LogP contribution in [0.2, 0.25) is 0 Å². The van der Waals surface area contributed by atoms with Crippen LogP contribution in [0, 0.1) is 0 Å². The Morgan fingerprint density at radius 1 is 1.16 bits per heavy atom. The molecular weight excluding hydrogens is 404 g/mol. The fraction of sp³-hybridized carbons (Fsp3) is 0.111. The van der Waals surface area contributed by atoms with Gasteiger partial charge in [-0.15, -0.1) is 0 Å². The van der Waals surface area contributed by atoms with Gasteiger partial charge >= 0.3 is 0 Å². The van der Waals surface area contributed by atoms with Gasteiger partial charge in [0.1, 0.15) is 5.75 Å². The van der Waals surface area contributed by atoms with E-state index < -0.39 is 0 Å². The maximum atomic E-state index is 12.5. The second kappa shape index (κ2) is 7.76. The molecule has 3 rings (SSSR count). The SMILES string of the molecule is COc1ccc(/C=C2\SC(=O)N(CNc3ccccc3Br)C2=O)cc1. The van der Waals surface area contributed by atoms with E-state index in [1.165, 1.54) is 4.90 Å². The molecule has 1 heterocycles. The quantitative estimate of drug-likeness (QED) is 0.720. The summed E-state index contributed by atoms with van der Waals surface area (Å²) in [5.41, 5.74) is 1.66. The maximum Gasteiger partial charge on any atom is 0.295 e. The Labute approximate surface area is 158 Å². The lowest BCUT2D eigenvalue weighted by Gasteiger charge is -2.15.